The third-order valence-electron chi connectivity index (χ3n) is 4.12. The topological polar surface area (TPSA) is 68.2 Å². The maximum atomic E-state index is 12.2. The molecule has 0 bridgehead atoms. The van der Waals surface area contributed by atoms with Crippen molar-refractivity contribution < 1.29 is 9.90 Å². The Morgan fingerprint density at radius 1 is 1.39 bits per heavy atom. The molecule has 1 aliphatic carbocycles. The summed E-state index contributed by atoms with van der Waals surface area (Å²) >= 11 is 0. The number of halogens is 1. The Balaban J connectivity index is 0.00000192. The third kappa shape index (κ3) is 4.49. The number of hydrogen-bond donors (Lipinski definition) is 2. The minimum atomic E-state index is 0. The van der Waals surface area contributed by atoms with Crippen LogP contribution in [0.15, 0.2) is 29.3 Å². The van der Waals surface area contributed by atoms with E-state index in [0.29, 0.717) is 19.1 Å². The van der Waals surface area contributed by atoms with Gasteiger partial charge in [0.1, 0.15) is 5.75 Å². The van der Waals surface area contributed by atoms with Gasteiger partial charge in [0, 0.05) is 32.7 Å². The average molecular weight is 430 g/mol. The molecule has 1 amide bonds. The van der Waals surface area contributed by atoms with Crippen LogP contribution in [-0.4, -0.2) is 59.5 Å². The molecular weight excluding hydrogens is 407 g/mol. The summed E-state index contributed by atoms with van der Waals surface area (Å²) in [7, 11) is 1.72. The standard InChI is InChI=1S/C16H22N4O2.HI/c1-17-16(18-10-12-3-2-4-14(21)9-12)19-7-8-20(13-5-6-13)15(22)11-19;/h2-4,9,13,21H,5-8,10-11H2,1H3,(H,17,18);1H. The number of nitrogens with zero attached hydrogens (tertiary/aromatic N) is 3. The number of phenolic OH excluding ortho intramolecular Hbond substituents is 1. The van der Waals surface area contributed by atoms with E-state index in [1.54, 1.807) is 19.2 Å². The number of carbonyl (C=O) groups excluding carboxylic acids is 1. The van der Waals surface area contributed by atoms with Crippen molar-refractivity contribution in [2.24, 2.45) is 4.99 Å². The van der Waals surface area contributed by atoms with Crippen LogP contribution in [-0.2, 0) is 11.3 Å². The number of phenols is 1. The molecule has 1 aromatic rings. The highest BCUT2D eigenvalue weighted by Gasteiger charge is 2.36. The van der Waals surface area contributed by atoms with E-state index >= 15 is 0 Å². The molecule has 6 nitrogen and oxygen atoms in total. The minimum Gasteiger partial charge on any atom is -0.508 e. The average Bonchev–Trinajstić information content (AvgIpc) is 3.33. The molecule has 0 aromatic heterocycles. The fraction of sp³-hybridized carbons (Fsp3) is 0.500. The molecule has 3 rings (SSSR count). The van der Waals surface area contributed by atoms with Crippen LogP contribution >= 0.6 is 24.0 Å². The van der Waals surface area contributed by atoms with Gasteiger partial charge in [0.2, 0.25) is 5.91 Å². The summed E-state index contributed by atoms with van der Waals surface area (Å²) in [6, 6.07) is 7.60. The molecule has 0 spiro atoms. The number of amides is 1. The summed E-state index contributed by atoms with van der Waals surface area (Å²) in [5.74, 6) is 1.17. The van der Waals surface area contributed by atoms with E-state index in [0.717, 1.165) is 37.5 Å². The normalized spacial score (nSPS) is 18.7. The summed E-state index contributed by atoms with van der Waals surface area (Å²) in [5.41, 5.74) is 0.976. The van der Waals surface area contributed by atoms with Crippen LogP contribution in [0.5, 0.6) is 5.75 Å². The molecule has 2 N–H and O–H groups in total. The molecule has 23 heavy (non-hydrogen) atoms. The van der Waals surface area contributed by atoms with Gasteiger partial charge in [-0.2, -0.15) is 0 Å². The predicted molar refractivity (Wildman–Crippen MR) is 100 cm³/mol. The fourth-order valence-electron chi connectivity index (χ4n) is 2.82. The zero-order chi connectivity index (χ0) is 15.5. The molecule has 0 radical (unpaired) electrons. The first-order valence-corrected chi connectivity index (χ1v) is 7.70. The number of aromatic hydroxyl groups is 1. The highest BCUT2D eigenvalue weighted by molar-refractivity contribution is 14.0. The highest BCUT2D eigenvalue weighted by Crippen LogP contribution is 2.28. The van der Waals surface area contributed by atoms with Crippen LogP contribution in [0, 0.1) is 0 Å². The van der Waals surface area contributed by atoms with E-state index in [4.69, 9.17) is 0 Å². The first-order valence-electron chi connectivity index (χ1n) is 7.70. The van der Waals surface area contributed by atoms with Crippen LogP contribution in [0.3, 0.4) is 0 Å². The summed E-state index contributed by atoms with van der Waals surface area (Å²) in [6.07, 6.45) is 2.30. The number of aliphatic imine (C=N–C) groups is 1. The Morgan fingerprint density at radius 3 is 2.78 bits per heavy atom. The first-order chi connectivity index (χ1) is 10.7. The van der Waals surface area contributed by atoms with Gasteiger partial charge in [-0.1, -0.05) is 12.1 Å². The summed E-state index contributed by atoms with van der Waals surface area (Å²) in [6.45, 7) is 2.53. The van der Waals surface area contributed by atoms with Gasteiger partial charge in [0.25, 0.3) is 0 Å². The number of piperazine rings is 1. The van der Waals surface area contributed by atoms with Gasteiger partial charge < -0.3 is 20.2 Å². The van der Waals surface area contributed by atoms with Gasteiger partial charge in [-0.05, 0) is 30.5 Å². The van der Waals surface area contributed by atoms with Crippen molar-refractivity contribution in [1.82, 2.24) is 15.1 Å². The zero-order valence-electron chi connectivity index (χ0n) is 13.2. The molecule has 1 saturated heterocycles. The molecule has 1 heterocycles. The van der Waals surface area contributed by atoms with Crippen molar-refractivity contribution in [1.29, 1.82) is 0 Å². The third-order valence-corrected chi connectivity index (χ3v) is 4.12. The zero-order valence-corrected chi connectivity index (χ0v) is 15.6. The molecule has 7 heteroatoms. The molecule has 0 unspecified atom stereocenters. The molecule has 2 fully saturated rings. The van der Waals surface area contributed by atoms with E-state index < -0.39 is 0 Å². The van der Waals surface area contributed by atoms with Gasteiger partial charge in [-0.25, -0.2) is 0 Å². The van der Waals surface area contributed by atoms with Crippen LogP contribution in [0.25, 0.3) is 0 Å². The van der Waals surface area contributed by atoms with E-state index in [-0.39, 0.29) is 35.6 Å². The van der Waals surface area contributed by atoms with Crippen molar-refractivity contribution >= 4 is 35.8 Å². The van der Waals surface area contributed by atoms with Crippen molar-refractivity contribution in [3.8, 4) is 5.75 Å². The summed E-state index contributed by atoms with van der Waals surface area (Å²) in [5, 5.41) is 12.7. The molecule has 2 aliphatic rings. The van der Waals surface area contributed by atoms with Gasteiger partial charge in [0.05, 0.1) is 6.54 Å². The number of guanidine groups is 1. The second-order valence-electron chi connectivity index (χ2n) is 5.81. The largest absolute Gasteiger partial charge is 0.508 e. The van der Waals surface area contributed by atoms with E-state index in [1.807, 2.05) is 21.9 Å². The molecular formula is C16H23IN4O2. The lowest BCUT2D eigenvalue weighted by molar-refractivity contribution is -0.135. The summed E-state index contributed by atoms with van der Waals surface area (Å²) < 4.78 is 0. The van der Waals surface area contributed by atoms with Gasteiger partial charge in [-0.3, -0.25) is 9.79 Å². The Bertz CT molecular complexity index is 589. The van der Waals surface area contributed by atoms with Gasteiger partial charge in [0.15, 0.2) is 5.96 Å². The van der Waals surface area contributed by atoms with Crippen LogP contribution in [0.2, 0.25) is 0 Å². The number of nitrogens with one attached hydrogen (secondary N) is 1. The SMILES string of the molecule is CN=C(NCc1cccc(O)c1)N1CCN(C2CC2)C(=O)C1.I. The van der Waals surface area contributed by atoms with Crippen LogP contribution in [0.1, 0.15) is 18.4 Å². The Hall–Kier alpha value is -1.51. The van der Waals surface area contributed by atoms with Crippen molar-refractivity contribution in [2.45, 2.75) is 25.4 Å². The van der Waals surface area contributed by atoms with E-state index in [9.17, 15) is 9.90 Å². The second kappa shape index (κ2) is 7.85. The fourth-order valence-corrected chi connectivity index (χ4v) is 2.82. The van der Waals surface area contributed by atoms with Gasteiger partial charge in [-0.15, -0.1) is 24.0 Å². The van der Waals surface area contributed by atoms with Crippen LogP contribution in [0.4, 0.5) is 0 Å². The Morgan fingerprint density at radius 2 is 2.17 bits per heavy atom. The number of rotatable bonds is 3. The Labute approximate surface area is 153 Å². The lowest BCUT2D eigenvalue weighted by Gasteiger charge is -2.36. The minimum absolute atomic E-state index is 0. The number of carbonyl (C=O) groups is 1. The quantitative estimate of drug-likeness (QED) is 0.432. The van der Waals surface area contributed by atoms with E-state index in [2.05, 4.69) is 10.3 Å². The smallest absolute Gasteiger partial charge is 0.242 e. The molecule has 0 atom stereocenters. The maximum absolute atomic E-state index is 12.2. The Kier molecular flexibility index (Phi) is 6.09. The summed E-state index contributed by atoms with van der Waals surface area (Å²) in [4.78, 5) is 20.5. The first kappa shape index (κ1) is 17.8. The highest BCUT2D eigenvalue weighted by atomic mass is 127. The lowest BCUT2D eigenvalue weighted by atomic mass is 10.2. The monoisotopic (exact) mass is 430 g/mol. The van der Waals surface area contributed by atoms with Gasteiger partial charge >= 0.3 is 0 Å². The molecule has 126 valence electrons. The van der Waals surface area contributed by atoms with Crippen molar-refractivity contribution in [3.63, 3.8) is 0 Å². The predicted octanol–water partition coefficient (Wildman–Crippen LogP) is 1.39. The number of benzene rings is 1. The van der Waals surface area contributed by atoms with Crippen molar-refractivity contribution in [3.05, 3.63) is 29.8 Å². The molecule has 1 aliphatic heterocycles. The molecule has 1 aromatic carbocycles. The van der Waals surface area contributed by atoms with E-state index in [1.165, 1.54) is 0 Å². The second-order valence-corrected chi connectivity index (χ2v) is 5.81. The maximum Gasteiger partial charge on any atom is 0.242 e. The number of hydrogen-bond acceptors (Lipinski definition) is 3. The lowest BCUT2D eigenvalue weighted by Crippen LogP contribution is -2.55. The molecule has 1 saturated carbocycles. The van der Waals surface area contributed by atoms with Crippen molar-refractivity contribution in [2.75, 3.05) is 26.7 Å². The van der Waals surface area contributed by atoms with Crippen LogP contribution < -0.4 is 5.32 Å².